The van der Waals surface area contributed by atoms with Gasteiger partial charge in [-0.3, -0.25) is 4.79 Å². The summed E-state index contributed by atoms with van der Waals surface area (Å²) in [4.78, 5) is 14.3. The van der Waals surface area contributed by atoms with E-state index >= 15 is 0 Å². The molecule has 0 saturated heterocycles. The Bertz CT molecular complexity index is 796. The molecule has 4 heteroatoms. The van der Waals surface area contributed by atoms with Gasteiger partial charge in [-0.1, -0.05) is 42.5 Å². The van der Waals surface area contributed by atoms with E-state index in [-0.39, 0.29) is 5.91 Å². The van der Waals surface area contributed by atoms with Crippen molar-refractivity contribution in [2.45, 2.75) is 17.6 Å². The first-order valence-corrected chi connectivity index (χ1v) is 9.22. The van der Waals surface area contributed by atoms with Crippen molar-refractivity contribution in [1.29, 1.82) is 0 Å². The van der Waals surface area contributed by atoms with Gasteiger partial charge in [-0.05, 0) is 41.6 Å². The van der Waals surface area contributed by atoms with Gasteiger partial charge in [0, 0.05) is 10.6 Å². The van der Waals surface area contributed by atoms with Gasteiger partial charge in [-0.25, -0.2) is 0 Å². The number of rotatable bonds is 5. The van der Waals surface area contributed by atoms with E-state index < -0.39 is 0 Å². The van der Waals surface area contributed by atoms with Crippen LogP contribution in [0, 0.1) is 6.92 Å². The van der Waals surface area contributed by atoms with E-state index in [1.807, 2.05) is 60.8 Å². The molecule has 1 aromatic heterocycles. The van der Waals surface area contributed by atoms with Crippen LogP contribution >= 0.6 is 23.1 Å². The molecule has 1 N–H and O–H groups in total. The Morgan fingerprint density at radius 1 is 1.04 bits per heavy atom. The zero-order chi connectivity index (χ0) is 16.1. The number of aryl methyl sites for hydroxylation is 1. The lowest BCUT2D eigenvalue weighted by atomic mass is 10.2. The van der Waals surface area contributed by atoms with Gasteiger partial charge in [0.2, 0.25) is 0 Å². The predicted octanol–water partition coefficient (Wildman–Crippen LogP) is 5.60. The van der Waals surface area contributed by atoms with Crippen molar-refractivity contribution in [1.82, 2.24) is 0 Å². The third kappa shape index (κ3) is 4.03. The maximum absolute atomic E-state index is 12.4. The zero-order valence-electron chi connectivity index (χ0n) is 12.8. The van der Waals surface area contributed by atoms with Crippen LogP contribution in [-0.2, 0) is 5.75 Å². The van der Waals surface area contributed by atoms with Gasteiger partial charge in [0.25, 0.3) is 5.91 Å². The average Bonchev–Trinajstić information content (AvgIpc) is 3.01. The van der Waals surface area contributed by atoms with Crippen LogP contribution in [0.25, 0.3) is 0 Å². The highest BCUT2D eigenvalue weighted by atomic mass is 32.2. The fourth-order valence-corrected chi connectivity index (χ4v) is 4.00. The molecule has 3 aromatic rings. The number of carbonyl (C=O) groups is 1. The molecule has 0 atom stereocenters. The van der Waals surface area contributed by atoms with E-state index in [0.717, 1.165) is 26.8 Å². The Labute approximate surface area is 144 Å². The molecule has 0 radical (unpaired) electrons. The molecule has 1 amide bonds. The van der Waals surface area contributed by atoms with Crippen molar-refractivity contribution in [3.63, 3.8) is 0 Å². The monoisotopic (exact) mass is 339 g/mol. The molecule has 0 aliphatic heterocycles. The standard InChI is InChI=1S/C19H17NOS2/c1-14-11-12-22-18(14)19(21)20-16-9-5-6-10-17(16)23-13-15-7-3-2-4-8-15/h2-12H,13H2,1H3,(H,20,21). The van der Waals surface area contributed by atoms with Crippen LogP contribution in [-0.4, -0.2) is 5.91 Å². The Kier molecular flexibility index (Phi) is 5.16. The van der Waals surface area contributed by atoms with Gasteiger partial charge in [0.15, 0.2) is 0 Å². The first-order chi connectivity index (χ1) is 11.2. The maximum Gasteiger partial charge on any atom is 0.266 e. The topological polar surface area (TPSA) is 29.1 Å². The summed E-state index contributed by atoms with van der Waals surface area (Å²) in [6, 6.07) is 20.3. The number of thiophene rings is 1. The normalized spacial score (nSPS) is 10.5. The molecule has 0 saturated carbocycles. The summed E-state index contributed by atoms with van der Waals surface area (Å²) in [5, 5.41) is 4.99. The number of nitrogens with one attached hydrogen (secondary N) is 1. The van der Waals surface area contributed by atoms with Gasteiger partial charge < -0.3 is 5.32 Å². The SMILES string of the molecule is Cc1ccsc1C(=O)Nc1ccccc1SCc1ccccc1. The first kappa shape index (κ1) is 15.8. The molecule has 1 heterocycles. The number of thioether (sulfide) groups is 1. The molecule has 0 fully saturated rings. The molecular weight excluding hydrogens is 322 g/mol. The number of para-hydroxylation sites is 1. The Morgan fingerprint density at radius 3 is 2.52 bits per heavy atom. The van der Waals surface area contributed by atoms with Gasteiger partial charge in [0.05, 0.1) is 10.6 Å². The molecule has 0 aliphatic rings. The second kappa shape index (κ2) is 7.49. The summed E-state index contributed by atoms with van der Waals surface area (Å²) >= 11 is 3.21. The van der Waals surface area contributed by atoms with E-state index in [4.69, 9.17) is 0 Å². The maximum atomic E-state index is 12.4. The van der Waals surface area contributed by atoms with E-state index in [2.05, 4.69) is 17.4 Å². The van der Waals surface area contributed by atoms with Crippen LogP contribution in [0.4, 0.5) is 5.69 Å². The highest BCUT2D eigenvalue weighted by Crippen LogP contribution is 2.30. The van der Waals surface area contributed by atoms with Crippen LogP contribution < -0.4 is 5.32 Å². The highest BCUT2D eigenvalue weighted by molar-refractivity contribution is 7.98. The zero-order valence-corrected chi connectivity index (χ0v) is 14.4. The largest absolute Gasteiger partial charge is 0.320 e. The number of carbonyl (C=O) groups excluding carboxylic acids is 1. The minimum absolute atomic E-state index is 0.0368. The van der Waals surface area contributed by atoms with E-state index in [9.17, 15) is 4.79 Å². The van der Waals surface area contributed by atoms with E-state index in [1.165, 1.54) is 16.9 Å². The lowest BCUT2D eigenvalue weighted by Gasteiger charge is -2.10. The lowest BCUT2D eigenvalue weighted by Crippen LogP contribution is -2.11. The van der Waals surface area contributed by atoms with Crippen LogP contribution in [0.2, 0.25) is 0 Å². The molecule has 2 nitrogen and oxygen atoms in total. The second-order valence-electron chi connectivity index (χ2n) is 5.16. The highest BCUT2D eigenvalue weighted by Gasteiger charge is 2.12. The Hall–Kier alpha value is -2.04. The summed E-state index contributed by atoms with van der Waals surface area (Å²) in [6.07, 6.45) is 0. The average molecular weight is 339 g/mol. The summed E-state index contributed by atoms with van der Waals surface area (Å²) < 4.78 is 0. The fourth-order valence-electron chi connectivity index (χ4n) is 2.22. The molecule has 0 spiro atoms. The summed E-state index contributed by atoms with van der Waals surface area (Å²) in [6.45, 7) is 1.96. The van der Waals surface area contributed by atoms with Crippen LogP contribution in [0.3, 0.4) is 0 Å². The number of hydrogen-bond donors (Lipinski definition) is 1. The molecule has 116 valence electrons. The molecule has 2 aromatic carbocycles. The van der Waals surface area contributed by atoms with Crippen molar-refractivity contribution >= 4 is 34.7 Å². The van der Waals surface area contributed by atoms with Gasteiger partial charge in [0.1, 0.15) is 0 Å². The van der Waals surface area contributed by atoms with Crippen molar-refractivity contribution in [3.8, 4) is 0 Å². The fraction of sp³-hybridized carbons (Fsp3) is 0.105. The van der Waals surface area contributed by atoms with Gasteiger partial charge in [-0.15, -0.1) is 23.1 Å². The van der Waals surface area contributed by atoms with Crippen molar-refractivity contribution in [2.75, 3.05) is 5.32 Å². The molecule has 0 bridgehead atoms. The van der Waals surface area contributed by atoms with Crippen LogP contribution in [0.5, 0.6) is 0 Å². The van der Waals surface area contributed by atoms with E-state index in [0.29, 0.717) is 0 Å². The van der Waals surface area contributed by atoms with Crippen molar-refractivity contribution < 1.29 is 4.79 Å². The van der Waals surface area contributed by atoms with Crippen molar-refractivity contribution in [3.05, 3.63) is 82.0 Å². The predicted molar refractivity (Wildman–Crippen MR) is 99.5 cm³/mol. The first-order valence-electron chi connectivity index (χ1n) is 7.35. The summed E-state index contributed by atoms with van der Waals surface area (Å²) in [5.41, 5.74) is 3.15. The van der Waals surface area contributed by atoms with Crippen molar-refractivity contribution in [2.24, 2.45) is 0 Å². The van der Waals surface area contributed by atoms with Gasteiger partial charge >= 0.3 is 0 Å². The Morgan fingerprint density at radius 2 is 1.78 bits per heavy atom. The second-order valence-corrected chi connectivity index (χ2v) is 7.09. The summed E-state index contributed by atoms with van der Waals surface area (Å²) in [5.74, 6) is 0.844. The minimum Gasteiger partial charge on any atom is -0.320 e. The third-order valence-electron chi connectivity index (χ3n) is 3.44. The molecule has 23 heavy (non-hydrogen) atoms. The Balaban J connectivity index is 1.73. The number of anilines is 1. The third-order valence-corrected chi connectivity index (χ3v) is 5.60. The summed E-state index contributed by atoms with van der Waals surface area (Å²) in [7, 11) is 0. The molecule has 3 rings (SSSR count). The number of hydrogen-bond acceptors (Lipinski definition) is 3. The van der Waals surface area contributed by atoms with Crippen LogP contribution in [0.1, 0.15) is 20.8 Å². The smallest absolute Gasteiger partial charge is 0.266 e. The minimum atomic E-state index is -0.0368. The number of benzene rings is 2. The molecule has 0 aliphatic carbocycles. The van der Waals surface area contributed by atoms with E-state index in [1.54, 1.807) is 11.8 Å². The number of amides is 1. The van der Waals surface area contributed by atoms with Gasteiger partial charge in [-0.2, -0.15) is 0 Å². The van der Waals surface area contributed by atoms with Crippen LogP contribution in [0.15, 0.2) is 70.9 Å². The quantitative estimate of drug-likeness (QED) is 0.613. The lowest BCUT2D eigenvalue weighted by molar-refractivity contribution is 0.103. The molecular formula is C19H17NOS2. The molecule has 0 unspecified atom stereocenters.